The molecule has 0 saturated heterocycles. The molecule has 4 heteroatoms. The number of hydrogen-bond donors (Lipinski definition) is 2. The van der Waals surface area contributed by atoms with Crippen LogP contribution >= 0.6 is 0 Å². The molecule has 1 fully saturated rings. The minimum Gasteiger partial charge on any atom is -0.388 e. The molecule has 0 aromatic carbocycles. The number of rotatable bonds is 4. The van der Waals surface area contributed by atoms with Gasteiger partial charge >= 0.3 is 0 Å². The lowest BCUT2D eigenvalue weighted by Crippen LogP contribution is -2.40. The Hall–Kier alpha value is -1.16. The number of anilines is 1. The number of nitrogens with zero attached hydrogens (tertiary/aromatic N) is 2. The Morgan fingerprint density at radius 2 is 2.18 bits per heavy atom. The number of nitrogens with one attached hydrogen (secondary N) is 1. The summed E-state index contributed by atoms with van der Waals surface area (Å²) in [5.41, 5.74) is -0.566. The molecule has 1 heterocycles. The van der Waals surface area contributed by atoms with Crippen LogP contribution in [0.3, 0.4) is 0 Å². The molecular formula is C13H21N3O. The molecule has 0 atom stereocenters. The van der Waals surface area contributed by atoms with E-state index in [2.05, 4.69) is 22.2 Å². The first-order chi connectivity index (χ1) is 8.22. The molecule has 1 saturated carbocycles. The van der Waals surface area contributed by atoms with Crippen LogP contribution in [-0.2, 0) is 0 Å². The van der Waals surface area contributed by atoms with E-state index in [4.69, 9.17) is 0 Å². The van der Waals surface area contributed by atoms with Gasteiger partial charge in [0.25, 0.3) is 0 Å². The van der Waals surface area contributed by atoms with Crippen molar-refractivity contribution in [2.24, 2.45) is 5.92 Å². The highest BCUT2D eigenvalue weighted by atomic mass is 16.3. The van der Waals surface area contributed by atoms with Gasteiger partial charge in [-0.15, -0.1) is 0 Å². The van der Waals surface area contributed by atoms with Crippen LogP contribution in [0.15, 0.2) is 18.6 Å². The fraction of sp³-hybridized carbons (Fsp3) is 0.692. The van der Waals surface area contributed by atoms with Gasteiger partial charge in [0.1, 0.15) is 5.82 Å². The molecule has 0 radical (unpaired) electrons. The molecule has 1 aliphatic rings. The second-order valence-electron chi connectivity index (χ2n) is 5.02. The van der Waals surface area contributed by atoms with Crippen molar-refractivity contribution in [2.45, 2.75) is 44.6 Å². The topological polar surface area (TPSA) is 58.0 Å². The largest absolute Gasteiger partial charge is 0.388 e. The standard InChI is InChI=1S/C13H21N3O/c1-2-11-3-5-13(17,6-4-11)10-16-12-9-14-7-8-15-12/h7-9,11,17H,2-6,10H2,1H3,(H,15,16). The van der Waals surface area contributed by atoms with Crippen molar-refractivity contribution in [3.63, 3.8) is 0 Å². The van der Waals surface area contributed by atoms with Crippen LogP contribution in [0.4, 0.5) is 5.82 Å². The summed E-state index contributed by atoms with van der Waals surface area (Å²) < 4.78 is 0. The molecule has 1 aromatic rings. The second-order valence-corrected chi connectivity index (χ2v) is 5.02. The molecule has 0 bridgehead atoms. The van der Waals surface area contributed by atoms with Crippen molar-refractivity contribution in [3.8, 4) is 0 Å². The maximum Gasteiger partial charge on any atom is 0.144 e. The van der Waals surface area contributed by atoms with E-state index in [1.165, 1.54) is 6.42 Å². The molecule has 4 nitrogen and oxygen atoms in total. The van der Waals surface area contributed by atoms with Gasteiger partial charge in [-0.3, -0.25) is 4.98 Å². The average molecular weight is 235 g/mol. The summed E-state index contributed by atoms with van der Waals surface area (Å²) in [6, 6.07) is 0. The number of hydrogen-bond acceptors (Lipinski definition) is 4. The van der Waals surface area contributed by atoms with Gasteiger partial charge in [0.15, 0.2) is 0 Å². The Labute approximate surface area is 102 Å². The number of aliphatic hydroxyl groups is 1. The molecule has 1 aromatic heterocycles. The summed E-state index contributed by atoms with van der Waals surface area (Å²) in [4.78, 5) is 8.13. The van der Waals surface area contributed by atoms with Crippen LogP contribution in [0.2, 0.25) is 0 Å². The Morgan fingerprint density at radius 3 is 2.76 bits per heavy atom. The Morgan fingerprint density at radius 1 is 1.41 bits per heavy atom. The van der Waals surface area contributed by atoms with Gasteiger partial charge in [0.05, 0.1) is 11.8 Å². The van der Waals surface area contributed by atoms with Gasteiger partial charge in [0, 0.05) is 18.9 Å². The first kappa shape index (κ1) is 12.3. The van der Waals surface area contributed by atoms with Gasteiger partial charge < -0.3 is 10.4 Å². The second kappa shape index (κ2) is 5.45. The Bertz CT molecular complexity index is 334. The fourth-order valence-corrected chi connectivity index (χ4v) is 2.45. The lowest BCUT2D eigenvalue weighted by Gasteiger charge is -2.35. The van der Waals surface area contributed by atoms with Crippen molar-refractivity contribution >= 4 is 5.82 Å². The monoisotopic (exact) mass is 235 g/mol. The normalized spacial score (nSPS) is 28.9. The van der Waals surface area contributed by atoms with E-state index in [-0.39, 0.29) is 0 Å². The zero-order valence-electron chi connectivity index (χ0n) is 10.4. The van der Waals surface area contributed by atoms with Crippen LogP contribution in [0.25, 0.3) is 0 Å². The summed E-state index contributed by atoms with van der Waals surface area (Å²) in [5.74, 6) is 1.53. The van der Waals surface area contributed by atoms with E-state index in [0.717, 1.165) is 37.4 Å². The highest BCUT2D eigenvalue weighted by Gasteiger charge is 2.32. The SMILES string of the molecule is CCC1CCC(O)(CNc2cnccn2)CC1. The van der Waals surface area contributed by atoms with Crippen molar-refractivity contribution in [3.05, 3.63) is 18.6 Å². The van der Waals surface area contributed by atoms with Crippen molar-refractivity contribution in [1.29, 1.82) is 0 Å². The molecule has 0 spiro atoms. The quantitative estimate of drug-likeness (QED) is 0.840. The minimum absolute atomic E-state index is 0.566. The van der Waals surface area contributed by atoms with E-state index >= 15 is 0 Å². The summed E-state index contributed by atoms with van der Waals surface area (Å²) in [6.07, 6.45) is 10.3. The molecule has 0 unspecified atom stereocenters. The summed E-state index contributed by atoms with van der Waals surface area (Å²) >= 11 is 0. The van der Waals surface area contributed by atoms with Crippen LogP contribution in [0, 0.1) is 5.92 Å². The third-order valence-electron chi connectivity index (χ3n) is 3.77. The summed E-state index contributed by atoms with van der Waals surface area (Å²) in [6.45, 7) is 2.80. The molecule has 94 valence electrons. The summed E-state index contributed by atoms with van der Waals surface area (Å²) in [7, 11) is 0. The molecule has 0 aliphatic heterocycles. The molecular weight excluding hydrogens is 214 g/mol. The first-order valence-corrected chi connectivity index (χ1v) is 6.44. The zero-order chi connectivity index (χ0) is 12.1. The molecule has 0 amide bonds. The van der Waals surface area contributed by atoms with Crippen LogP contribution in [0.1, 0.15) is 39.0 Å². The van der Waals surface area contributed by atoms with Gasteiger partial charge in [-0.25, -0.2) is 4.98 Å². The predicted octanol–water partition coefficient (Wildman–Crippen LogP) is 2.22. The lowest BCUT2D eigenvalue weighted by atomic mass is 9.78. The molecule has 1 aliphatic carbocycles. The fourth-order valence-electron chi connectivity index (χ4n) is 2.45. The van der Waals surface area contributed by atoms with Crippen molar-refractivity contribution in [2.75, 3.05) is 11.9 Å². The third-order valence-corrected chi connectivity index (χ3v) is 3.77. The van der Waals surface area contributed by atoms with E-state index in [1.54, 1.807) is 18.6 Å². The van der Waals surface area contributed by atoms with Gasteiger partial charge in [0.2, 0.25) is 0 Å². The highest BCUT2D eigenvalue weighted by molar-refractivity contribution is 5.30. The van der Waals surface area contributed by atoms with E-state index in [9.17, 15) is 5.11 Å². The van der Waals surface area contributed by atoms with Crippen molar-refractivity contribution < 1.29 is 5.11 Å². The van der Waals surface area contributed by atoms with Crippen LogP contribution in [0.5, 0.6) is 0 Å². The third kappa shape index (κ3) is 3.40. The van der Waals surface area contributed by atoms with E-state index in [0.29, 0.717) is 6.54 Å². The molecule has 17 heavy (non-hydrogen) atoms. The van der Waals surface area contributed by atoms with Crippen molar-refractivity contribution in [1.82, 2.24) is 9.97 Å². The summed E-state index contributed by atoms with van der Waals surface area (Å²) in [5, 5.41) is 13.6. The Balaban J connectivity index is 1.83. The first-order valence-electron chi connectivity index (χ1n) is 6.44. The van der Waals surface area contributed by atoms with E-state index < -0.39 is 5.60 Å². The number of aromatic nitrogens is 2. The molecule has 2 rings (SSSR count). The van der Waals surface area contributed by atoms with Crippen LogP contribution in [-0.4, -0.2) is 27.2 Å². The van der Waals surface area contributed by atoms with Gasteiger partial charge in [-0.2, -0.15) is 0 Å². The predicted molar refractivity (Wildman–Crippen MR) is 67.7 cm³/mol. The van der Waals surface area contributed by atoms with Gasteiger partial charge in [-0.05, 0) is 31.6 Å². The zero-order valence-corrected chi connectivity index (χ0v) is 10.4. The average Bonchev–Trinajstić information content (AvgIpc) is 2.39. The smallest absolute Gasteiger partial charge is 0.144 e. The van der Waals surface area contributed by atoms with Gasteiger partial charge in [-0.1, -0.05) is 13.3 Å². The highest BCUT2D eigenvalue weighted by Crippen LogP contribution is 2.33. The lowest BCUT2D eigenvalue weighted by molar-refractivity contribution is 0.00222. The van der Waals surface area contributed by atoms with E-state index in [1.807, 2.05) is 0 Å². The molecule has 2 N–H and O–H groups in total. The Kier molecular flexibility index (Phi) is 3.94. The van der Waals surface area contributed by atoms with Crippen LogP contribution < -0.4 is 5.32 Å². The minimum atomic E-state index is -0.566. The maximum atomic E-state index is 10.4. The maximum absolute atomic E-state index is 10.4.